The predicted octanol–water partition coefficient (Wildman–Crippen LogP) is 5.15. The molecular formula is C19H13BrFN3OS. The number of aromatic nitrogens is 2. The predicted molar refractivity (Wildman–Crippen MR) is 105 cm³/mol. The number of halogens is 2. The zero-order valence-electron chi connectivity index (χ0n) is 13.4. The van der Waals surface area contributed by atoms with Crippen LogP contribution in [0, 0.1) is 5.82 Å². The summed E-state index contributed by atoms with van der Waals surface area (Å²) in [5.74, 6) is -0.382. The third kappa shape index (κ3) is 3.40. The van der Waals surface area contributed by atoms with Crippen molar-refractivity contribution in [3.8, 4) is 11.3 Å². The van der Waals surface area contributed by atoms with Crippen molar-refractivity contribution in [3.63, 3.8) is 0 Å². The number of anilines is 1. The molecule has 1 amide bonds. The van der Waals surface area contributed by atoms with Crippen LogP contribution in [0.2, 0.25) is 0 Å². The molecule has 0 atom stereocenters. The maximum absolute atomic E-state index is 13.1. The molecule has 1 N–H and O–H groups in total. The van der Waals surface area contributed by atoms with Crippen LogP contribution in [-0.4, -0.2) is 15.3 Å². The maximum Gasteiger partial charge on any atom is 0.230 e. The number of fused-ring (bicyclic) bond motifs is 1. The van der Waals surface area contributed by atoms with Gasteiger partial charge in [-0.05, 0) is 52.3 Å². The van der Waals surface area contributed by atoms with E-state index in [1.54, 1.807) is 12.1 Å². The Balaban J connectivity index is 1.56. The van der Waals surface area contributed by atoms with E-state index in [1.165, 1.54) is 23.5 Å². The van der Waals surface area contributed by atoms with Gasteiger partial charge in [-0.15, -0.1) is 11.3 Å². The minimum atomic E-state index is -0.279. The Labute approximate surface area is 161 Å². The SMILES string of the molecule is O=C(Cc1csc2nc(-c3ccc(F)cc3)cn12)Nc1ccccc1Br. The second kappa shape index (κ2) is 7.01. The normalized spacial score (nSPS) is 11.0. The highest BCUT2D eigenvalue weighted by molar-refractivity contribution is 9.10. The molecule has 2 aromatic heterocycles. The first-order valence-corrected chi connectivity index (χ1v) is 9.53. The summed E-state index contributed by atoms with van der Waals surface area (Å²) in [6.45, 7) is 0. The van der Waals surface area contributed by atoms with E-state index >= 15 is 0 Å². The summed E-state index contributed by atoms with van der Waals surface area (Å²) < 4.78 is 15.8. The lowest BCUT2D eigenvalue weighted by molar-refractivity contribution is -0.115. The number of nitrogens with zero attached hydrogens (tertiary/aromatic N) is 2. The van der Waals surface area contributed by atoms with Crippen molar-refractivity contribution in [1.82, 2.24) is 9.38 Å². The molecule has 0 bridgehead atoms. The lowest BCUT2D eigenvalue weighted by Gasteiger charge is -2.06. The summed E-state index contributed by atoms with van der Waals surface area (Å²) in [7, 11) is 0. The molecule has 0 aliphatic rings. The molecule has 0 unspecified atom stereocenters. The number of carbonyl (C=O) groups excluding carboxylic acids is 1. The summed E-state index contributed by atoms with van der Waals surface area (Å²) in [6.07, 6.45) is 2.11. The van der Waals surface area contributed by atoms with E-state index in [0.717, 1.165) is 32.1 Å². The Morgan fingerprint density at radius 3 is 2.73 bits per heavy atom. The van der Waals surface area contributed by atoms with Crippen molar-refractivity contribution in [1.29, 1.82) is 0 Å². The summed E-state index contributed by atoms with van der Waals surface area (Å²) in [5.41, 5.74) is 3.19. The number of rotatable bonds is 4. The van der Waals surface area contributed by atoms with Gasteiger partial charge in [-0.3, -0.25) is 9.20 Å². The topological polar surface area (TPSA) is 46.4 Å². The first-order chi connectivity index (χ1) is 12.6. The minimum absolute atomic E-state index is 0.103. The highest BCUT2D eigenvalue weighted by atomic mass is 79.9. The van der Waals surface area contributed by atoms with Gasteiger partial charge >= 0.3 is 0 Å². The Kier molecular flexibility index (Phi) is 4.57. The van der Waals surface area contributed by atoms with Gasteiger partial charge < -0.3 is 5.32 Å². The molecule has 0 spiro atoms. The lowest BCUT2D eigenvalue weighted by Crippen LogP contribution is -2.15. The molecular weight excluding hydrogens is 417 g/mol. The number of amides is 1. The number of para-hydroxylation sites is 1. The smallest absolute Gasteiger partial charge is 0.230 e. The van der Waals surface area contributed by atoms with Crippen molar-refractivity contribution in [2.45, 2.75) is 6.42 Å². The van der Waals surface area contributed by atoms with Gasteiger partial charge in [0.25, 0.3) is 0 Å². The van der Waals surface area contributed by atoms with Crippen LogP contribution in [0.4, 0.5) is 10.1 Å². The Bertz CT molecular complexity index is 1090. The maximum atomic E-state index is 13.1. The number of hydrogen-bond acceptors (Lipinski definition) is 3. The van der Waals surface area contributed by atoms with Crippen LogP contribution in [0.1, 0.15) is 5.69 Å². The van der Waals surface area contributed by atoms with E-state index in [0.29, 0.717) is 0 Å². The van der Waals surface area contributed by atoms with E-state index in [-0.39, 0.29) is 18.1 Å². The molecule has 2 aromatic carbocycles. The van der Waals surface area contributed by atoms with Crippen LogP contribution in [-0.2, 0) is 11.2 Å². The van der Waals surface area contributed by atoms with E-state index < -0.39 is 0 Å². The van der Waals surface area contributed by atoms with Gasteiger partial charge in [0.15, 0.2) is 4.96 Å². The molecule has 0 aliphatic carbocycles. The number of imidazole rings is 1. The van der Waals surface area contributed by atoms with E-state index in [4.69, 9.17) is 0 Å². The van der Waals surface area contributed by atoms with E-state index in [9.17, 15) is 9.18 Å². The van der Waals surface area contributed by atoms with Gasteiger partial charge in [0, 0.05) is 27.3 Å². The van der Waals surface area contributed by atoms with Crippen molar-refractivity contribution < 1.29 is 9.18 Å². The molecule has 7 heteroatoms. The number of nitrogens with one attached hydrogen (secondary N) is 1. The number of hydrogen-bond donors (Lipinski definition) is 1. The largest absolute Gasteiger partial charge is 0.325 e. The van der Waals surface area contributed by atoms with Crippen molar-refractivity contribution >= 4 is 43.8 Å². The summed E-state index contributed by atoms with van der Waals surface area (Å²) in [4.78, 5) is 17.7. The van der Waals surface area contributed by atoms with Crippen LogP contribution in [0.3, 0.4) is 0 Å². The fraction of sp³-hybridized carbons (Fsp3) is 0.0526. The van der Waals surface area contributed by atoms with Gasteiger partial charge in [0.05, 0.1) is 17.8 Å². The fourth-order valence-corrected chi connectivity index (χ4v) is 3.89. The Morgan fingerprint density at radius 1 is 1.19 bits per heavy atom. The molecule has 0 radical (unpaired) electrons. The second-order valence-electron chi connectivity index (χ2n) is 5.72. The van der Waals surface area contributed by atoms with Crippen LogP contribution in [0.25, 0.3) is 16.2 Å². The molecule has 4 rings (SSSR count). The first-order valence-electron chi connectivity index (χ1n) is 7.86. The molecule has 26 heavy (non-hydrogen) atoms. The van der Waals surface area contributed by atoms with E-state index in [1.807, 2.05) is 40.2 Å². The molecule has 2 heterocycles. The molecule has 0 aliphatic heterocycles. The lowest BCUT2D eigenvalue weighted by atomic mass is 10.2. The standard InChI is InChI=1S/C19H13BrFN3OS/c20-15-3-1-2-4-16(15)22-18(25)9-14-11-26-19-23-17(10-24(14)19)12-5-7-13(21)8-6-12/h1-8,10-11H,9H2,(H,22,25). The van der Waals surface area contributed by atoms with Crippen molar-refractivity contribution in [2.75, 3.05) is 5.32 Å². The van der Waals surface area contributed by atoms with Gasteiger partial charge in [0.2, 0.25) is 5.91 Å². The van der Waals surface area contributed by atoms with Crippen LogP contribution in [0.5, 0.6) is 0 Å². The monoisotopic (exact) mass is 429 g/mol. The first kappa shape index (κ1) is 16.9. The number of benzene rings is 2. The third-order valence-corrected chi connectivity index (χ3v) is 5.49. The van der Waals surface area contributed by atoms with Crippen molar-refractivity contribution in [3.05, 3.63) is 76.1 Å². The Morgan fingerprint density at radius 2 is 1.96 bits per heavy atom. The zero-order chi connectivity index (χ0) is 18.1. The minimum Gasteiger partial charge on any atom is -0.325 e. The van der Waals surface area contributed by atoms with Gasteiger partial charge in [-0.25, -0.2) is 9.37 Å². The van der Waals surface area contributed by atoms with E-state index in [2.05, 4.69) is 26.2 Å². The van der Waals surface area contributed by atoms with Gasteiger partial charge in [0.1, 0.15) is 5.82 Å². The van der Waals surface area contributed by atoms with Crippen LogP contribution in [0.15, 0.2) is 64.6 Å². The number of carbonyl (C=O) groups is 1. The van der Waals surface area contributed by atoms with Gasteiger partial charge in [-0.1, -0.05) is 12.1 Å². The summed E-state index contributed by atoms with van der Waals surface area (Å²) in [6, 6.07) is 13.7. The quantitative estimate of drug-likeness (QED) is 0.487. The third-order valence-electron chi connectivity index (χ3n) is 3.91. The van der Waals surface area contributed by atoms with Crippen molar-refractivity contribution in [2.24, 2.45) is 0 Å². The molecule has 4 aromatic rings. The molecule has 0 fully saturated rings. The van der Waals surface area contributed by atoms with Crippen LogP contribution >= 0.6 is 27.3 Å². The summed E-state index contributed by atoms with van der Waals surface area (Å²) >= 11 is 4.89. The highest BCUT2D eigenvalue weighted by Crippen LogP contribution is 2.25. The fourth-order valence-electron chi connectivity index (χ4n) is 2.64. The zero-order valence-corrected chi connectivity index (χ0v) is 15.8. The molecule has 0 saturated heterocycles. The Hall–Kier alpha value is -2.51. The molecule has 0 saturated carbocycles. The number of thiazole rings is 1. The highest BCUT2D eigenvalue weighted by Gasteiger charge is 2.13. The van der Waals surface area contributed by atoms with Gasteiger partial charge in [-0.2, -0.15) is 0 Å². The molecule has 130 valence electrons. The second-order valence-corrected chi connectivity index (χ2v) is 7.41. The van der Waals surface area contributed by atoms with Crippen LogP contribution < -0.4 is 5.32 Å². The summed E-state index contributed by atoms with van der Waals surface area (Å²) in [5, 5.41) is 4.83. The average molecular weight is 430 g/mol. The average Bonchev–Trinajstić information content (AvgIpc) is 3.20. The molecule has 4 nitrogen and oxygen atoms in total.